The first-order valence-corrected chi connectivity index (χ1v) is 9.19. The van der Waals surface area contributed by atoms with Crippen LogP contribution in [0.25, 0.3) is 0 Å². The molecular formula is C21H16ClNS. The lowest BCUT2D eigenvalue weighted by Gasteiger charge is -2.16. The summed E-state index contributed by atoms with van der Waals surface area (Å²) in [6.07, 6.45) is 0.894. The van der Waals surface area contributed by atoms with E-state index < -0.39 is 0 Å². The summed E-state index contributed by atoms with van der Waals surface area (Å²) in [5.74, 6) is 0. The number of nitrogens with zero attached hydrogens (tertiary/aromatic N) is 1. The largest absolute Gasteiger partial charge is 0.252 e. The molecule has 118 valence electrons. The fourth-order valence-electron chi connectivity index (χ4n) is 2.89. The average molecular weight is 350 g/mol. The molecule has 0 aliphatic carbocycles. The van der Waals surface area contributed by atoms with Gasteiger partial charge in [-0.05, 0) is 35.4 Å². The van der Waals surface area contributed by atoms with Crippen LogP contribution < -0.4 is 0 Å². The van der Waals surface area contributed by atoms with Crippen LogP contribution in [0.5, 0.6) is 0 Å². The third kappa shape index (κ3) is 3.26. The summed E-state index contributed by atoms with van der Waals surface area (Å²) in [5, 5.41) is 1.10. The molecule has 24 heavy (non-hydrogen) atoms. The van der Waals surface area contributed by atoms with E-state index in [9.17, 15) is 0 Å². The number of benzene rings is 3. The van der Waals surface area contributed by atoms with Gasteiger partial charge in [0.1, 0.15) is 0 Å². The summed E-state index contributed by atoms with van der Waals surface area (Å²) >= 11 is 7.94. The number of thioether (sulfide) groups is 1. The van der Waals surface area contributed by atoms with E-state index in [4.69, 9.17) is 16.6 Å². The molecule has 0 aromatic heterocycles. The normalized spacial score (nSPS) is 16.9. The molecule has 0 radical (unpaired) electrons. The van der Waals surface area contributed by atoms with E-state index in [-0.39, 0.29) is 0 Å². The Kier molecular flexibility index (Phi) is 4.42. The van der Waals surface area contributed by atoms with E-state index in [1.54, 1.807) is 0 Å². The second-order valence-electron chi connectivity index (χ2n) is 5.75. The Labute approximate surface area is 151 Å². The number of hydrogen-bond donors (Lipinski definition) is 0. The number of halogens is 1. The monoisotopic (exact) mass is 349 g/mol. The van der Waals surface area contributed by atoms with E-state index in [1.807, 2.05) is 36.0 Å². The van der Waals surface area contributed by atoms with Gasteiger partial charge in [-0.25, -0.2) is 0 Å². The Bertz CT molecular complexity index is 872. The maximum atomic E-state index is 6.06. The van der Waals surface area contributed by atoms with Crippen molar-refractivity contribution >= 4 is 34.8 Å². The molecule has 0 fully saturated rings. The van der Waals surface area contributed by atoms with E-state index in [1.165, 1.54) is 16.0 Å². The van der Waals surface area contributed by atoms with Gasteiger partial charge in [0.2, 0.25) is 0 Å². The fourth-order valence-corrected chi connectivity index (χ4v) is 4.25. The highest BCUT2D eigenvalue weighted by Crippen LogP contribution is 2.45. The number of rotatable bonds is 2. The van der Waals surface area contributed by atoms with Gasteiger partial charge in [-0.2, -0.15) is 0 Å². The molecule has 3 aromatic rings. The zero-order valence-electron chi connectivity index (χ0n) is 13.0. The molecule has 1 heterocycles. The second kappa shape index (κ2) is 6.84. The lowest BCUT2D eigenvalue weighted by Crippen LogP contribution is -2.05. The number of hydrogen-bond acceptors (Lipinski definition) is 2. The molecule has 1 nitrogen and oxygen atoms in total. The van der Waals surface area contributed by atoms with Crippen molar-refractivity contribution in [2.75, 3.05) is 0 Å². The molecule has 0 saturated heterocycles. The van der Waals surface area contributed by atoms with Crippen molar-refractivity contribution in [3.05, 3.63) is 95.0 Å². The molecule has 0 spiro atoms. The van der Waals surface area contributed by atoms with Crippen LogP contribution in [0.2, 0.25) is 5.02 Å². The Balaban J connectivity index is 1.79. The van der Waals surface area contributed by atoms with Gasteiger partial charge in [0.25, 0.3) is 0 Å². The van der Waals surface area contributed by atoms with Crippen molar-refractivity contribution in [2.45, 2.75) is 16.6 Å². The van der Waals surface area contributed by atoms with Gasteiger partial charge in [-0.3, -0.25) is 4.99 Å². The zero-order chi connectivity index (χ0) is 16.4. The number of para-hydroxylation sites is 1. The van der Waals surface area contributed by atoms with Gasteiger partial charge in [0.05, 0.1) is 5.69 Å². The Hall–Kier alpha value is -2.03. The molecule has 1 aliphatic heterocycles. The standard InChI is InChI=1S/C21H16ClNS/c22-17-12-10-16(11-13-17)21-14-19(15-6-2-1-3-7-15)23-18-8-4-5-9-20(18)24-21/h1-13,21H,14H2. The Morgan fingerprint density at radius 1 is 0.833 bits per heavy atom. The third-order valence-electron chi connectivity index (χ3n) is 4.12. The van der Waals surface area contributed by atoms with E-state index in [2.05, 4.69) is 54.6 Å². The highest BCUT2D eigenvalue weighted by atomic mass is 35.5. The van der Waals surface area contributed by atoms with Crippen LogP contribution >= 0.6 is 23.4 Å². The van der Waals surface area contributed by atoms with Crippen LogP contribution in [-0.2, 0) is 0 Å². The lowest BCUT2D eigenvalue weighted by atomic mass is 10.0. The zero-order valence-corrected chi connectivity index (χ0v) is 14.6. The quantitative estimate of drug-likeness (QED) is 0.501. The van der Waals surface area contributed by atoms with Crippen LogP contribution in [0.1, 0.15) is 22.8 Å². The van der Waals surface area contributed by atoms with Crippen molar-refractivity contribution in [1.29, 1.82) is 0 Å². The Morgan fingerprint density at radius 3 is 2.33 bits per heavy atom. The number of aliphatic imine (C=N–C) groups is 1. The first-order valence-electron chi connectivity index (χ1n) is 7.94. The summed E-state index contributed by atoms with van der Waals surface area (Å²) in [4.78, 5) is 6.20. The second-order valence-corrected chi connectivity index (χ2v) is 7.44. The molecule has 3 aromatic carbocycles. The van der Waals surface area contributed by atoms with Gasteiger partial charge in [-0.15, -0.1) is 11.8 Å². The smallest absolute Gasteiger partial charge is 0.0769 e. The van der Waals surface area contributed by atoms with E-state index in [0.29, 0.717) is 5.25 Å². The van der Waals surface area contributed by atoms with Crippen LogP contribution in [0.4, 0.5) is 5.69 Å². The molecule has 0 bridgehead atoms. The summed E-state index contributed by atoms with van der Waals surface area (Å²) in [7, 11) is 0. The number of fused-ring (bicyclic) bond motifs is 1. The van der Waals surface area contributed by atoms with Crippen LogP contribution in [0.15, 0.2) is 88.8 Å². The third-order valence-corrected chi connectivity index (χ3v) is 5.69. The van der Waals surface area contributed by atoms with Crippen molar-refractivity contribution in [3.63, 3.8) is 0 Å². The average Bonchev–Trinajstić information content (AvgIpc) is 2.83. The van der Waals surface area contributed by atoms with Gasteiger partial charge in [-0.1, -0.05) is 66.2 Å². The molecule has 1 aliphatic rings. The highest BCUT2D eigenvalue weighted by molar-refractivity contribution is 7.99. The van der Waals surface area contributed by atoms with Crippen LogP contribution in [0.3, 0.4) is 0 Å². The maximum absolute atomic E-state index is 6.06. The minimum atomic E-state index is 0.324. The van der Waals surface area contributed by atoms with E-state index in [0.717, 1.165) is 22.8 Å². The van der Waals surface area contributed by atoms with Crippen molar-refractivity contribution < 1.29 is 0 Å². The van der Waals surface area contributed by atoms with E-state index >= 15 is 0 Å². The topological polar surface area (TPSA) is 12.4 Å². The summed E-state index contributed by atoms with van der Waals surface area (Å²) < 4.78 is 0. The van der Waals surface area contributed by atoms with Gasteiger partial charge in [0, 0.05) is 27.3 Å². The predicted molar refractivity (Wildman–Crippen MR) is 104 cm³/mol. The molecule has 3 heteroatoms. The minimum absolute atomic E-state index is 0.324. The minimum Gasteiger partial charge on any atom is -0.252 e. The molecule has 4 rings (SSSR count). The van der Waals surface area contributed by atoms with Crippen LogP contribution in [0, 0.1) is 0 Å². The summed E-state index contributed by atoms with van der Waals surface area (Å²) in [6.45, 7) is 0. The van der Waals surface area contributed by atoms with Gasteiger partial charge in [0.15, 0.2) is 0 Å². The molecule has 0 saturated carbocycles. The first kappa shape index (κ1) is 15.5. The van der Waals surface area contributed by atoms with Crippen molar-refractivity contribution in [2.24, 2.45) is 4.99 Å². The van der Waals surface area contributed by atoms with Crippen molar-refractivity contribution in [3.8, 4) is 0 Å². The SMILES string of the molecule is Clc1ccc(C2CC(c3ccccc3)=Nc3ccccc3S2)cc1. The predicted octanol–water partition coefficient (Wildman–Crippen LogP) is 6.70. The van der Waals surface area contributed by atoms with Crippen LogP contribution in [-0.4, -0.2) is 5.71 Å². The molecule has 0 N–H and O–H groups in total. The molecular weight excluding hydrogens is 334 g/mol. The maximum Gasteiger partial charge on any atom is 0.0769 e. The lowest BCUT2D eigenvalue weighted by molar-refractivity contribution is 1.01. The van der Waals surface area contributed by atoms with Gasteiger partial charge < -0.3 is 0 Å². The highest BCUT2D eigenvalue weighted by Gasteiger charge is 2.22. The molecule has 1 unspecified atom stereocenters. The fraction of sp³-hybridized carbons (Fsp3) is 0.0952. The summed E-state index contributed by atoms with van der Waals surface area (Å²) in [6, 6.07) is 27.0. The molecule has 1 atom stereocenters. The Morgan fingerprint density at radius 2 is 1.54 bits per heavy atom. The summed E-state index contributed by atoms with van der Waals surface area (Å²) in [5.41, 5.74) is 4.66. The van der Waals surface area contributed by atoms with Gasteiger partial charge >= 0.3 is 0 Å². The first-order chi connectivity index (χ1) is 11.8. The molecule has 0 amide bonds. The van der Waals surface area contributed by atoms with Crippen molar-refractivity contribution in [1.82, 2.24) is 0 Å².